The quantitative estimate of drug-likeness (QED) is 0.537. The van der Waals surface area contributed by atoms with Gasteiger partial charge in [-0.25, -0.2) is 4.79 Å². The molecule has 0 saturated carbocycles. The van der Waals surface area contributed by atoms with Crippen LogP contribution in [0.5, 0.6) is 0 Å². The largest absolute Gasteiger partial charge is 0.467 e. The molecule has 1 aliphatic heterocycles. The van der Waals surface area contributed by atoms with E-state index in [1.807, 2.05) is 18.2 Å². The van der Waals surface area contributed by atoms with Gasteiger partial charge in [0, 0.05) is 6.42 Å². The third-order valence-corrected chi connectivity index (χ3v) is 9.72. The van der Waals surface area contributed by atoms with Crippen LogP contribution < -0.4 is 0 Å². The maximum Gasteiger partial charge on any atom is 0.339 e. The molecule has 1 saturated heterocycles. The van der Waals surface area contributed by atoms with Gasteiger partial charge in [0.05, 0.1) is 19.6 Å². The van der Waals surface area contributed by atoms with Gasteiger partial charge in [-0.15, -0.1) is 0 Å². The zero-order valence-corrected chi connectivity index (χ0v) is 18.0. The van der Waals surface area contributed by atoms with Crippen LogP contribution in [0, 0.1) is 0 Å². The smallest absolute Gasteiger partial charge is 0.339 e. The molecule has 1 fully saturated rings. The van der Waals surface area contributed by atoms with Crippen molar-refractivity contribution in [2.75, 3.05) is 7.11 Å². The molecule has 0 N–H and O–H groups in total. The highest BCUT2D eigenvalue weighted by molar-refractivity contribution is 6.74. The average molecular weight is 395 g/mol. The van der Waals surface area contributed by atoms with Crippen LogP contribution in [0.1, 0.15) is 45.3 Å². The Bertz CT molecular complexity index is 652. The summed E-state index contributed by atoms with van der Waals surface area (Å²) in [7, 11) is -0.736. The van der Waals surface area contributed by atoms with Gasteiger partial charge in [-0.3, -0.25) is 4.79 Å². The second kappa shape index (κ2) is 8.54. The third-order valence-electron chi connectivity index (χ3n) is 5.19. The molecular formula is C20H30O6Si. The van der Waals surface area contributed by atoms with Gasteiger partial charge < -0.3 is 18.6 Å². The van der Waals surface area contributed by atoms with Crippen LogP contribution in [0.15, 0.2) is 30.3 Å². The lowest BCUT2D eigenvalue weighted by molar-refractivity contribution is -0.217. The lowest BCUT2D eigenvalue weighted by atomic mass is 10.1. The number of hydrogen-bond acceptors (Lipinski definition) is 6. The Balaban J connectivity index is 2.12. The fraction of sp³-hybridized carbons (Fsp3) is 0.600. The molecule has 2 rings (SSSR count). The number of carbonyl (C=O) groups excluding carboxylic acids is 2. The molecule has 7 heteroatoms. The summed E-state index contributed by atoms with van der Waals surface area (Å²) in [6.45, 7) is 10.7. The SMILES string of the molecule is COC(=O)[C@@H](O[C@@H]1C[C@@H](O[Si](C)(C)C(C)(C)C)CC(=O)O1)c1ccccc1. The number of carbonyl (C=O) groups is 2. The van der Waals surface area contributed by atoms with E-state index in [1.165, 1.54) is 7.11 Å². The molecule has 0 aliphatic carbocycles. The summed E-state index contributed by atoms with van der Waals surface area (Å²) in [5.74, 6) is -0.920. The first-order valence-corrected chi connectivity index (χ1v) is 12.1. The number of ether oxygens (including phenoxy) is 3. The predicted octanol–water partition coefficient (Wildman–Crippen LogP) is 3.97. The topological polar surface area (TPSA) is 71.1 Å². The van der Waals surface area contributed by atoms with Crippen molar-refractivity contribution < 1.29 is 28.2 Å². The highest BCUT2D eigenvalue weighted by Crippen LogP contribution is 2.39. The predicted molar refractivity (Wildman–Crippen MR) is 103 cm³/mol. The van der Waals surface area contributed by atoms with E-state index in [4.69, 9.17) is 18.6 Å². The minimum absolute atomic E-state index is 0.0310. The summed E-state index contributed by atoms with van der Waals surface area (Å²) >= 11 is 0. The minimum atomic E-state index is -2.04. The molecule has 0 amide bonds. The molecule has 0 aromatic heterocycles. The Hall–Kier alpha value is -1.70. The Morgan fingerprint density at radius 2 is 1.85 bits per heavy atom. The van der Waals surface area contributed by atoms with Crippen LogP contribution in [0.4, 0.5) is 0 Å². The van der Waals surface area contributed by atoms with E-state index >= 15 is 0 Å². The van der Waals surface area contributed by atoms with Gasteiger partial charge in [0.2, 0.25) is 6.29 Å². The number of hydrogen-bond donors (Lipinski definition) is 0. The third kappa shape index (κ3) is 5.64. The Morgan fingerprint density at radius 3 is 2.41 bits per heavy atom. The number of benzene rings is 1. The van der Waals surface area contributed by atoms with Crippen molar-refractivity contribution in [2.45, 2.75) is 70.2 Å². The minimum Gasteiger partial charge on any atom is -0.467 e. The van der Waals surface area contributed by atoms with Crippen LogP contribution in [0.2, 0.25) is 18.1 Å². The van der Waals surface area contributed by atoms with Gasteiger partial charge in [-0.2, -0.15) is 0 Å². The van der Waals surface area contributed by atoms with Crippen molar-refractivity contribution >= 4 is 20.3 Å². The van der Waals surface area contributed by atoms with Crippen LogP contribution in [-0.4, -0.2) is 39.8 Å². The fourth-order valence-electron chi connectivity index (χ4n) is 2.65. The van der Waals surface area contributed by atoms with E-state index in [-0.39, 0.29) is 23.5 Å². The lowest BCUT2D eigenvalue weighted by Gasteiger charge is -2.41. The molecule has 3 atom stereocenters. The monoisotopic (exact) mass is 394 g/mol. The summed E-state index contributed by atoms with van der Waals surface area (Å²) in [5, 5.41) is 0.0310. The highest BCUT2D eigenvalue weighted by atomic mass is 28.4. The maximum absolute atomic E-state index is 12.2. The van der Waals surface area contributed by atoms with E-state index in [1.54, 1.807) is 12.1 Å². The molecule has 0 bridgehead atoms. The molecule has 150 valence electrons. The second-order valence-electron chi connectivity index (χ2n) is 8.31. The fourth-order valence-corrected chi connectivity index (χ4v) is 4.02. The number of rotatable bonds is 6. The first kappa shape index (κ1) is 21.6. The van der Waals surface area contributed by atoms with E-state index in [0.717, 1.165) is 0 Å². The van der Waals surface area contributed by atoms with Gasteiger partial charge in [-0.05, 0) is 23.7 Å². The number of methoxy groups -OCH3 is 1. The zero-order chi connectivity index (χ0) is 20.2. The molecule has 1 aromatic rings. The summed E-state index contributed by atoms with van der Waals surface area (Å²) in [4.78, 5) is 24.3. The van der Waals surface area contributed by atoms with E-state index in [0.29, 0.717) is 12.0 Å². The van der Waals surface area contributed by atoms with Crippen molar-refractivity contribution in [3.8, 4) is 0 Å². The van der Waals surface area contributed by atoms with Crippen LogP contribution in [0.3, 0.4) is 0 Å². The zero-order valence-electron chi connectivity index (χ0n) is 17.0. The molecule has 0 unspecified atom stereocenters. The second-order valence-corrected chi connectivity index (χ2v) is 13.1. The molecule has 1 aliphatic rings. The molecule has 1 aromatic carbocycles. The highest BCUT2D eigenvalue weighted by Gasteiger charge is 2.42. The van der Waals surface area contributed by atoms with Crippen molar-refractivity contribution in [1.82, 2.24) is 0 Å². The first-order valence-electron chi connectivity index (χ1n) is 9.19. The van der Waals surface area contributed by atoms with Crippen molar-refractivity contribution in [1.29, 1.82) is 0 Å². The molecular weight excluding hydrogens is 364 g/mol. The van der Waals surface area contributed by atoms with Crippen molar-refractivity contribution in [3.05, 3.63) is 35.9 Å². The maximum atomic E-state index is 12.2. The summed E-state index contributed by atoms with van der Waals surface area (Å²) in [5.41, 5.74) is 0.646. The van der Waals surface area contributed by atoms with Crippen LogP contribution >= 0.6 is 0 Å². The Kier molecular flexibility index (Phi) is 6.83. The Labute approximate surface area is 162 Å². The molecule has 1 heterocycles. The van der Waals surface area contributed by atoms with E-state index < -0.39 is 26.7 Å². The lowest BCUT2D eigenvalue weighted by Crippen LogP contribution is -2.47. The summed E-state index contributed by atoms with van der Waals surface area (Å²) < 4.78 is 22.4. The molecule has 0 spiro atoms. The molecule has 6 nitrogen and oxygen atoms in total. The van der Waals surface area contributed by atoms with Gasteiger partial charge in [0.25, 0.3) is 0 Å². The molecule has 0 radical (unpaired) electrons. The molecule has 27 heavy (non-hydrogen) atoms. The average Bonchev–Trinajstić information content (AvgIpc) is 2.58. The van der Waals surface area contributed by atoms with Crippen LogP contribution in [-0.2, 0) is 28.2 Å². The van der Waals surface area contributed by atoms with Crippen molar-refractivity contribution in [2.24, 2.45) is 0 Å². The van der Waals surface area contributed by atoms with Crippen LogP contribution in [0.25, 0.3) is 0 Å². The first-order chi connectivity index (χ1) is 12.5. The van der Waals surface area contributed by atoms with Gasteiger partial charge >= 0.3 is 11.9 Å². The normalized spacial score (nSPS) is 22.1. The summed E-state index contributed by atoms with van der Waals surface area (Å²) in [6, 6.07) is 9.02. The summed E-state index contributed by atoms with van der Waals surface area (Å²) in [6.07, 6.45) is -1.52. The van der Waals surface area contributed by atoms with Crippen molar-refractivity contribution in [3.63, 3.8) is 0 Å². The van der Waals surface area contributed by atoms with Gasteiger partial charge in [-0.1, -0.05) is 51.1 Å². The van der Waals surface area contributed by atoms with E-state index in [9.17, 15) is 9.59 Å². The number of cyclic esters (lactones) is 1. The Morgan fingerprint density at radius 1 is 1.22 bits per heavy atom. The van der Waals surface area contributed by atoms with Gasteiger partial charge in [0.15, 0.2) is 14.4 Å². The van der Waals surface area contributed by atoms with Gasteiger partial charge in [0.1, 0.15) is 0 Å². The number of esters is 2. The van der Waals surface area contributed by atoms with E-state index in [2.05, 4.69) is 33.9 Å². The standard InChI is InChI=1S/C20H30O6Si/c1-20(2,3)27(5,6)26-15-12-16(21)24-17(13-15)25-18(19(22)23-4)14-10-8-7-9-11-14/h7-11,15,17-18H,12-13H2,1-6H3/t15-,17+,18-/m0/s1.